The predicted molar refractivity (Wildman–Crippen MR) is 70.7 cm³/mol. The van der Waals surface area contributed by atoms with Crippen molar-refractivity contribution in [2.24, 2.45) is 5.92 Å². The predicted octanol–water partition coefficient (Wildman–Crippen LogP) is 4.90. The first-order valence-electron chi connectivity index (χ1n) is 6.90. The molecule has 0 unspecified atom stereocenters. The van der Waals surface area contributed by atoms with Crippen molar-refractivity contribution >= 4 is 0 Å². The van der Waals surface area contributed by atoms with Crippen molar-refractivity contribution < 1.29 is 0 Å². The molecular formula is C16H24. The fraction of sp³-hybridized carbons (Fsp3) is 0.625. The van der Waals surface area contributed by atoms with E-state index in [1.807, 2.05) is 0 Å². The summed E-state index contributed by atoms with van der Waals surface area (Å²) in [6.45, 7) is 2.16. The third-order valence-electron chi connectivity index (χ3n) is 3.94. The summed E-state index contributed by atoms with van der Waals surface area (Å²) in [6, 6.07) is 9.07. The largest absolute Gasteiger partial charge is 0.0591 e. The molecule has 0 heterocycles. The van der Waals surface area contributed by atoms with Crippen molar-refractivity contribution in [2.75, 3.05) is 0 Å². The van der Waals surface area contributed by atoms with E-state index in [2.05, 4.69) is 31.2 Å². The highest BCUT2D eigenvalue weighted by atomic mass is 14.2. The Morgan fingerprint density at radius 2 is 1.56 bits per heavy atom. The summed E-state index contributed by atoms with van der Waals surface area (Å²) in [5.41, 5.74) is 2.90. The van der Waals surface area contributed by atoms with Gasteiger partial charge in [-0.1, -0.05) is 68.4 Å². The van der Waals surface area contributed by atoms with E-state index in [1.165, 1.54) is 62.5 Å². The van der Waals surface area contributed by atoms with Crippen LogP contribution < -0.4 is 0 Å². The molecule has 1 fully saturated rings. The quantitative estimate of drug-likeness (QED) is 0.630. The maximum atomic E-state index is 2.30. The molecule has 0 amide bonds. The molecule has 88 valence electrons. The average molecular weight is 216 g/mol. The van der Waals surface area contributed by atoms with Gasteiger partial charge in [-0.3, -0.25) is 0 Å². The molecule has 1 saturated carbocycles. The van der Waals surface area contributed by atoms with Gasteiger partial charge in [-0.05, 0) is 31.2 Å². The summed E-state index contributed by atoms with van der Waals surface area (Å²) in [7, 11) is 0. The SMILES string of the molecule is Cc1ccc(CCC2CCCCCC2)cc1. The van der Waals surface area contributed by atoms with Crippen molar-refractivity contribution in [3.05, 3.63) is 35.4 Å². The summed E-state index contributed by atoms with van der Waals surface area (Å²) in [4.78, 5) is 0. The normalized spacial score (nSPS) is 18.3. The Bertz CT molecular complexity index is 288. The summed E-state index contributed by atoms with van der Waals surface area (Å²) in [6.07, 6.45) is 11.5. The van der Waals surface area contributed by atoms with E-state index in [0.717, 1.165) is 5.92 Å². The monoisotopic (exact) mass is 216 g/mol. The number of hydrogen-bond donors (Lipinski definition) is 0. The molecule has 1 aliphatic carbocycles. The molecule has 0 N–H and O–H groups in total. The lowest BCUT2D eigenvalue weighted by Crippen LogP contribution is -2.00. The molecule has 0 atom stereocenters. The van der Waals surface area contributed by atoms with Gasteiger partial charge in [0, 0.05) is 0 Å². The van der Waals surface area contributed by atoms with Gasteiger partial charge in [0.1, 0.15) is 0 Å². The van der Waals surface area contributed by atoms with Gasteiger partial charge in [-0.15, -0.1) is 0 Å². The molecule has 0 nitrogen and oxygen atoms in total. The van der Waals surface area contributed by atoms with Gasteiger partial charge in [0.15, 0.2) is 0 Å². The molecule has 1 aromatic rings. The van der Waals surface area contributed by atoms with E-state index < -0.39 is 0 Å². The van der Waals surface area contributed by atoms with Crippen molar-refractivity contribution in [3.63, 3.8) is 0 Å². The van der Waals surface area contributed by atoms with Crippen LogP contribution in [-0.2, 0) is 6.42 Å². The van der Waals surface area contributed by atoms with E-state index in [9.17, 15) is 0 Å². The Labute approximate surface area is 100 Å². The molecular weight excluding hydrogens is 192 g/mol. The van der Waals surface area contributed by atoms with Crippen molar-refractivity contribution in [1.29, 1.82) is 0 Å². The van der Waals surface area contributed by atoms with E-state index in [-0.39, 0.29) is 0 Å². The fourth-order valence-corrected chi connectivity index (χ4v) is 2.78. The summed E-state index contributed by atoms with van der Waals surface area (Å²) < 4.78 is 0. The second-order valence-corrected chi connectivity index (χ2v) is 5.38. The first kappa shape index (κ1) is 11.7. The van der Waals surface area contributed by atoms with Gasteiger partial charge >= 0.3 is 0 Å². The lowest BCUT2D eigenvalue weighted by molar-refractivity contribution is 0.428. The standard InChI is InChI=1S/C16H24/c1-14-8-10-16(11-9-14)13-12-15-6-4-2-3-5-7-15/h8-11,15H,2-7,12-13H2,1H3. The molecule has 2 rings (SSSR count). The number of aryl methyl sites for hydroxylation is 2. The summed E-state index contributed by atoms with van der Waals surface area (Å²) in [5, 5.41) is 0. The molecule has 0 heteroatoms. The molecule has 0 spiro atoms. The van der Waals surface area contributed by atoms with Gasteiger partial charge in [-0.2, -0.15) is 0 Å². The second-order valence-electron chi connectivity index (χ2n) is 5.38. The zero-order chi connectivity index (χ0) is 11.2. The topological polar surface area (TPSA) is 0 Å². The van der Waals surface area contributed by atoms with Crippen LogP contribution >= 0.6 is 0 Å². The van der Waals surface area contributed by atoms with Crippen LogP contribution in [0.5, 0.6) is 0 Å². The minimum atomic E-state index is 1.00. The Balaban J connectivity index is 1.79. The molecule has 16 heavy (non-hydrogen) atoms. The zero-order valence-electron chi connectivity index (χ0n) is 10.5. The molecule has 0 aliphatic heterocycles. The van der Waals surface area contributed by atoms with E-state index in [4.69, 9.17) is 0 Å². The Morgan fingerprint density at radius 3 is 2.19 bits per heavy atom. The lowest BCUT2D eigenvalue weighted by Gasteiger charge is -2.13. The van der Waals surface area contributed by atoms with Crippen molar-refractivity contribution in [3.8, 4) is 0 Å². The van der Waals surface area contributed by atoms with E-state index in [1.54, 1.807) is 0 Å². The molecule has 0 bridgehead atoms. The smallest absolute Gasteiger partial charge is 0.0276 e. The van der Waals surface area contributed by atoms with Gasteiger partial charge in [0.05, 0.1) is 0 Å². The van der Waals surface area contributed by atoms with Crippen LogP contribution in [0.1, 0.15) is 56.1 Å². The third-order valence-corrected chi connectivity index (χ3v) is 3.94. The minimum absolute atomic E-state index is 1.00. The van der Waals surface area contributed by atoms with E-state index in [0.29, 0.717) is 0 Å². The van der Waals surface area contributed by atoms with Gasteiger partial charge in [-0.25, -0.2) is 0 Å². The number of rotatable bonds is 3. The van der Waals surface area contributed by atoms with Crippen LogP contribution in [0.4, 0.5) is 0 Å². The van der Waals surface area contributed by atoms with Crippen LogP contribution in [0.25, 0.3) is 0 Å². The Morgan fingerprint density at radius 1 is 0.938 bits per heavy atom. The van der Waals surface area contributed by atoms with Gasteiger partial charge < -0.3 is 0 Å². The highest BCUT2D eigenvalue weighted by Gasteiger charge is 2.11. The number of hydrogen-bond acceptors (Lipinski definition) is 0. The maximum Gasteiger partial charge on any atom is -0.0276 e. The first-order chi connectivity index (χ1) is 7.84. The summed E-state index contributed by atoms with van der Waals surface area (Å²) >= 11 is 0. The Kier molecular flexibility index (Phi) is 4.44. The van der Waals surface area contributed by atoms with Crippen LogP contribution in [0.2, 0.25) is 0 Å². The molecule has 1 aromatic carbocycles. The van der Waals surface area contributed by atoms with Gasteiger partial charge in [0.2, 0.25) is 0 Å². The molecule has 1 aliphatic rings. The average Bonchev–Trinajstić information content (AvgIpc) is 2.57. The zero-order valence-corrected chi connectivity index (χ0v) is 10.5. The van der Waals surface area contributed by atoms with Crippen LogP contribution in [-0.4, -0.2) is 0 Å². The molecule has 0 radical (unpaired) electrons. The summed E-state index contributed by atoms with van der Waals surface area (Å²) in [5.74, 6) is 1.00. The van der Waals surface area contributed by atoms with Crippen LogP contribution in [0.15, 0.2) is 24.3 Å². The van der Waals surface area contributed by atoms with Gasteiger partial charge in [0.25, 0.3) is 0 Å². The fourth-order valence-electron chi connectivity index (χ4n) is 2.78. The Hall–Kier alpha value is -0.780. The highest BCUT2D eigenvalue weighted by molar-refractivity contribution is 5.21. The second kappa shape index (κ2) is 6.08. The van der Waals surface area contributed by atoms with Crippen molar-refractivity contribution in [1.82, 2.24) is 0 Å². The van der Waals surface area contributed by atoms with Crippen LogP contribution in [0, 0.1) is 12.8 Å². The van der Waals surface area contributed by atoms with Crippen molar-refractivity contribution in [2.45, 2.75) is 58.3 Å². The first-order valence-corrected chi connectivity index (χ1v) is 6.90. The minimum Gasteiger partial charge on any atom is -0.0591 e. The highest BCUT2D eigenvalue weighted by Crippen LogP contribution is 2.26. The third kappa shape index (κ3) is 3.66. The maximum absolute atomic E-state index is 2.30. The molecule has 0 aromatic heterocycles. The lowest BCUT2D eigenvalue weighted by atomic mass is 9.93. The molecule has 0 saturated heterocycles. The van der Waals surface area contributed by atoms with E-state index >= 15 is 0 Å². The van der Waals surface area contributed by atoms with Crippen LogP contribution in [0.3, 0.4) is 0 Å². The number of benzene rings is 1.